The van der Waals surface area contributed by atoms with E-state index < -0.39 is 0 Å². The zero-order valence-electron chi connectivity index (χ0n) is 2.78. The molecule has 0 N–H and O–H groups in total. The Kier molecular flexibility index (Phi) is 0.356. The largest absolute Gasteiger partial charge is 0.490 e. The maximum absolute atomic E-state index is 2.29. The summed E-state index contributed by atoms with van der Waals surface area (Å²) in [5, 5.41) is 0. The summed E-state index contributed by atoms with van der Waals surface area (Å²) in [5.41, 5.74) is 1.11. The molecule has 21 valence electrons. The van der Waals surface area contributed by atoms with Crippen molar-refractivity contribution in [3.63, 3.8) is 0 Å². The van der Waals surface area contributed by atoms with E-state index in [0.717, 1.165) is 5.54 Å². The predicted molar refractivity (Wildman–Crippen MR) is 20.0 cm³/mol. The number of hydrogen-bond donors (Lipinski definition) is 0. The fourth-order valence-electron chi connectivity index (χ4n) is 0.118. The van der Waals surface area contributed by atoms with Gasteiger partial charge in [0.25, 0.3) is 0 Å². The normalized spacial score (nSPS) is 37.8. The topological polar surface area (TPSA) is 0 Å². The van der Waals surface area contributed by atoms with Crippen molar-refractivity contribution in [2.24, 2.45) is 0 Å². The quantitative estimate of drug-likeness (QED) is 0.372. The maximum atomic E-state index is 2.29. The van der Waals surface area contributed by atoms with E-state index in [1.165, 1.54) is 15.6 Å². The Morgan fingerprint density at radius 3 is 2.25 bits per heavy atom. The smallest absolute Gasteiger partial charge is 0.0294 e. The van der Waals surface area contributed by atoms with Gasteiger partial charge in [-0.05, 0) is 6.92 Å². The van der Waals surface area contributed by atoms with Crippen molar-refractivity contribution < 1.29 is 0 Å². The lowest BCUT2D eigenvalue weighted by Crippen LogP contribution is -1.41. The van der Waals surface area contributed by atoms with Crippen molar-refractivity contribution in [1.82, 2.24) is 0 Å². The average Bonchev–Trinajstić information content (AvgIpc) is 1.75. The fraction of sp³-hybridized carbons (Fsp3) is 1.00. The molecule has 0 aromatic heterocycles. The van der Waals surface area contributed by atoms with Crippen LogP contribution in [-0.4, -0.2) is 9.52 Å². The van der Waals surface area contributed by atoms with E-state index in [0.29, 0.717) is 0 Å². The van der Waals surface area contributed by atoms with Crippen LogP contribution in [0.15, 0.2) is 0 Å². The summed E-state index contributed by atoms with van der Waals surface area (Å²) in [5.74, 6) is 0. The second-order valence-corrected chi connectivity index (χ2v) is 3.11. The molecule has 0 aliphatic carbocycles. The van der Waals surface area contributed by atoms with Gasteiger partial charge in [-0.15, -0.1) is 0 Å². The molecule has 0 aromatic carbocycles. The highest BCUT2D eigenvalue weighted by molar-refractivity contribution is 6.50. The van der Waals surface area contributed by atoms with Gasteiger partial charge in [0.2, 0.25) is 0 Å². The zero-order valence-corrected chi connectivity index (χ0v) is 3.78. The molecule has 0 amide bonds. The van der Waals surface area contributed by atoms with Crippen LogP contribution in [0.4, 0.5) is 0 Å². The van der Waals surface area contributed by atoms with Crippen molar-refractivity contribution in [3.8, 4) is 0 Å². The Morgan fingerprint density at radius 1 is 2.00 bits per heavy atom. The van der Waals surface area contributed by atoms with Crippen molar-refractivity contribution in [3.05, 3.63) is 0 Å². The van der Waals surface area contributed by atoms with Gasteiger partial charge in [-0.3, -0.25) is 0 Å². The van der Waals surface area contributed by atoms with Gasteiger partial charge in [-0.2, -0.15) is 0 Å². The van der Waals surface area contributed by atoms with Gasteiger partial charge < -0.3 is 0 Å². The second-order valence-electron chi connectivity index (χ2n) is 1.31. The summed E-state index contributed by atoms with van der Waals surface area (Å²) < 4.78 is 0. The minimum Gasteiger partial charge on any atom is -0.0294 e. The highest BCUT2D eigenvalue weighted by Crippen LogP contribution is 2.24. The molecular formula is C3H6Si+. The molecule has 0 unspecified atom stereocenters. The molecule has 0 saturated carbocycles. The molecule has 0 nitrogen and oxygen atoms in total. The third-order valence-corrected chi connectivity index (χ3v) is 1.84. The van der Waals surface area contributed by atoms with E-state index in [1.54, 1.807) is 0 Å². The Morgan fingerprint density at radius 2 is 2.25 bits per heavy atom. The summed E-state index contributed by atoms with van der Waals surface area (Å²) in [6, 6.07) is 1.51. The molecule has 1 fully saturated rings. The van der Waals surface area contributed by atoms with Crippen LogP contribution in [0.5, 0.6) is 0 Å². The summed E-state index contributed by atoms with van der Waals surface area (Å²) >= 11 is 0. The molecule has 1 radical (unpaired) electrons. The Bertz CT molecular complexity index is 22.5. The fourth-order valence-corrected chi connectivity index (χ4v) is 0.354. The Hall–Kier alpha value is 0.217. The van der Waals surface area contributed by atoms with E-state index >= 15 is 0 Å². The van der Waals surface area contributed by atoms with Gasteiger partial charge in [-0.25, -0.2) is 0 Å². The summed E-state index contributed by atoms with van der Waals surface area (Å²) in [6.07, 6.45) is 0. The summed E-state index contributed by atoms with van der Waals surface area (Å²) in [6.45, 7) is 2.29. The third-order valence-electron chi connectivity index (χ3n) is 0.612. The lowest BCUT2D eigenvalue weighted by atomic mass is 10.6. The molecule has 1 aliphatic rings. The van der Waals surface area contributed by atoms with Crippen LogP contribution < -0.4 is 0 Å². The van der Waals surface area contributed by atoms with Crippen LogP contribution in [0, 0.1) is 0 Å². The zero-order chi connectivity index (χ0) is 2.99. The number of hydrogen-bond acceptors (Lipinski definition) is 0. The summed E-state index contributed by atoms with van der Waals surface area (Å²) in [4.78, 5) is 0. The predicted octanol–water partition coefficient (Wildman–Crippen LogP) is 0.931. The van der Waals surface area contributed by atoms with Gasteiger partial charge in [0.1, 0.15) is 11.6 Å². The second kappa shape index (κ2) is 0.581. The maximum Gasteiger partial charge on any atom is 0.490 e. The van der Waals surface area contributed by atoms with Gasteiger partial charge in [0.15, 0.2) is 0 Å². The minimum atomic E-state index is 1.11. The van der Waals surface area contributed by atoms with E-state index in [1.807, 2.05) is 0 Å². The molecular weight excluding hydrogens is 64.1 g/mol. The van der Waals surface area contributed by atoms with Crippen LogP contribution in [0.25, 0.3) is 0 Å². The lowest BCUT2D eigenvalue weighted by Gasteiger charge is -1.37. The van der Waals surface area contributed by atoms with E-state index in [2.05, 4.69) is 6.92 Å². The molecule has 0 aromatic rings. The van der Waals surface area contributed by atoms with Crippen molar-refractivity contribution in [2.75, 3.05) is 0 Å². The minimum absolute atomic E-state index is 1.11. The molecule has 1 rings (SSSR count). The summed E-state index contributed by atoms with van der Waals surface area (Å²) in [7, 11) is 1.31. The first-order valence-electron chi connectivity index (χ1n) is 1.63. The molecule has 1 heteroatoms. The lowest BCUT2D eigenvalue weighted by molar-refractivity contribution is 1.21. The standard InChI is InChI=1S/C3H6Si/c1-3-2-4-3/h3H,2H2,1H3/q+1/t3-/m1/s1. The van der Waals surface area contributed by atoms with E-state index in [-0.39, 0.29) is 0 Å². The highest BCUT2D eigenvalue weighted by atomic mass is 28.2. The molecule has 1 saturated heterocycles. The first kappa shape index (κ1) is 2.45. The van der Waals surface area contributed by atoms with Gasteiger partial charge in [0, 0.05) is 0 Å². The van der Waals surface area contributed by atoms with Crippen LogP contribution in [0.3, 0.4) is 0 Å². The Labute approximate surface area is 29.0 Å². The van der Waals surface area contributed by atoms with Gasteiger partial charge in [0.05, 0.1) is 0 Å². The molecule has 1 aliphatic heterocycles. The average molecular weight is 70.2 g/mol. The monoisotopic (exact) mass is 70.0 g/mol. The van der Waals surface area contributed by atoms with Crippen molar-refractivity contribution in [2.45, 2.75) is 18.5 Å². The van der Waals surface area contributed by atoms with Crippen LogP contribution in [-0.2, 0) is 0 Å². The van der Waals surface area contributed by atoms with E-state index in [4.69, 9.17) is 0 Å². The van der Waals surface area contributed by atoms with Gasteiger partial charge in [-0.1, -0.05) is 0 Å². The van der Waals surface area contributed by atoms with Crippen LogP contribution >= 0.6 is 0 Å². The van der Waals surface area contributed by atoms with Crippen molar-refractivity contribution >= 4 is 9.52 Å². The first-order valence-corrected chi connectivity index (χ1v) is 2.91. The van der Waals surface area contributed by atoms with Crippen molar-refractivity contribution in [1.29, 1.82) is 0 Å². The molecule has 1 atom stereocenters. The SMILES string of the molecule is C[C@@H]1C[Si+]1. The van der Waals surface area contributed by atoms with Crippen LogP contribution in [0.2, 0.25) is 11.6 Å². The first-order chi connectivity index (χ1) is 1.89. The molecule has 0 bridgehead atoms. The molecule has 4 heavy (non-hydrogen) atoms. The Balaban J connectivity index is 2.17. The third kappa shape index (κ3) is 0.317. The number of rotatable bonds is 0. The van der Waals surface area contributed by atoms with Crippen LogP contribution in [0.1, 0.15) is 6.92 Å². The molecule has 0 spiro atoms. The highest BCUT2D eigenvalue weighted by Gasteiger charge is 2.40. The molecule has 1 heterocycles. The van der Waals surface area contributed by atoms with E-state index in [9.17, 15) is 0 Å². The van der Waals surface area contributed by atoms with Gasteiger partial charge >= 0.3 is 9.52 Å².